The Morgan fingerprint density at radius 2 is 1.95 bits per heavy atom. The molecule has 6 heteroatoms. The Hall–Kier alpha value is -1.79. The number of nitrogens with one attached hydrogen (secondary N) is 1. The van der Waals surface area contributed by atoms with Gasteiger partial charge in [-0.25, -0.2) is 0 Å². The highest BCUT2D eigenvalue weighted by Gasteiger charge is 2.32. The summed E-state index contributed by atoms with van der Waals surface area (Å²) in [5.41, 5.74) is 0.820. The van der Waals surface area contributed by atoms with E-state index in [9.17, 15) is 9.59 Å². The smallest absolute Gasteiger partial charge is 0.265 e. The third kappa shape index (κ3) is 3.02. The molecule has 20 heavy (non-hydrogen) atoms. The normalized spacial score (nSPS) is 17.4. The third-order valence-corrected chi connectivity index (χ3v) is 3.53. The number of amides is 2. The van der Waals surface area contributed by atoms with Gasteiger partial charge in [0.2, 0.25) is 0 Å². The first-order chi connectivity index (χ1) is 9.52. The quantitative estimate of drug-likeness (QED) is 0.393. The van der Waals surface area contributed by atoms with Crippen LogP contribution in [0.15, 0.2) is 47.0 Å². The lowest BCUT2D eigenvalue weighted by molar-refractivity contribution is -0.128. The van der Waals surface area contributed by atoms with Crippen LogP contribution in [0.4, 0.5) is 0 Å². The van der Waals surface area contributed by atoms with Crippen molar-refractivity contribution in [1.29, 1.82) is 0 Å². The summed E-state index contributed by atoms with van der Waals surface area (Å²) in [5, 5.41) is 2.60. The molecule has 0 aromatic heterocycles. The van der Waals surface area contributed by atoms with Gasteiger partial charge in [0.15, 0.2) is 5.11 Å². The van der Waals surface area contributed by atoms with E-state index in [1.54, 1.807) is 12.2 Å². The maximum absolute atomic E-state index is 12.3. The van der Waals surface area contributed by atoms with E-state index in [2.05, 4.69) is 27.8 Å². The molecule has 4 nitrogen and oxygen atoms in total. The van der Waals surface area contributed by atoms with Crippen LogP contribution in [0.1, 0.15) is 5.56 Å². The topological polar surface area (TPSA) is 49.4 Å². The van der Waals surface area contributed by atoms with Gasteiger partial charge in [-0.3, -0.25) is 19.8 Å². The summed E-state index contributed by atoms with van der Waals surface area (Å²) in [6.45, 7) is 3.83. The molecule has 1 aromatic rings. The summed E-state index contributed by atoms with van der Waals surface area (Å²) in [5.74, 6) is -0.898. The fourth-order valence-corrected chi connectivity index (χ4v) is 2.23. The van der Waals surface area contributed by atoms with Gasteiger partial charge < -0.3 is 0 Å². The highest BCUT2D eigenvalue weighted by Crippen LogP contribution is 2.16. The van der Waals surface area contributed by atoms with Crippen molar-refractivity contribution in [3.8, 4) is 0 Å². The average Bonchev–Trinajstić information content (AvgIpc) is 2.41. The van der Waals surface area contributed by atoms with Gasteiger partial charge in [0.05, 0.1) is 0 Å². The van der Waals surface area contributed by atoms with Gasteiger partial charge in [0.25, 0.3) is 11.8 Å². The zero-order valence-corrected chi connectivity index (χ0v) is 12.8. The van der Waals surface area contributed by atoms with Gasteiger partial charge in [-0.1, -0.05) is 34.1 Å². The molecule has 0 aliphatic carbocycles. The van der Waals surface area contributed by atoms with Crippen molar-refractivity contribution < 1.29 is 9.59 Å². The molecule has 1 aliphatic heterocycles. The minimum absolute atomic E-state index is 0.0581. The van der Waals surface area contributed by atoms with E-state index in [1.807, 2.05) is 24.3 Å². The summed E-state index contributed by atoms with van der Waals surface area (Å²) in [6.07, 6.45) is 3.10. The van der Waals surface area contributed by atoms with E-state index >= 15 is 0 Å². The predicted molar refractivity (Wildman–Crippen MR) is 84.8 cm³/mol. The van der Waals surface area contributed by atoms with Gasteiger partial charge in [0, 0.05) is 11.0 Å². The maximum atomic E-state index is 12.3. The molecular formula is C14H11BrN2O2S. The zero-order valence-electron chi connectivity index (χ0n) is 10.4. The van der Waals surface area contributed by atoms with Crippen LogP contribution in [-0.4, -0.2) is 28.4 Å². The third-order valence-electron chi connectivity index (χ3n) is 2.68. The molecule has 1 aliphatic rings. The Kier molecular flexibility index (Phi) is 4.46. The molecule has 0 spiro atoms. The highest BCUT2D eigenvalue weighted by atomic mass is 79.9. The van der Waals surface area contributed by atoms with Crippen molar-refractivity contribution in [3.63, 3.8) is 0 Å². The Morgan fingerprint density at radius 1 is 1.30 bits per heavy atom. The molecule has 0 saturated carbocycles. The molecule has 2 amide bonds. The average molecular weight is 351 g/mol. The summed E-state index contributed by atoms with van der Waals surface area (Å²) in [7, 11) is 0. The van der Waals surface area contributed by atoms with Crippen molar-refractivity contribution in [3.05, 3.63) is 52.5 Å². The first-order valence-electron chi connectivity index (χ1n) is 5.78. The van der Waals surface area contributed by atoms with Gasteiger partial charge in [-0.15, -0.1) is 6.58 Å². The molecule has 102 valence electrons. The van der Waals surface area contributed by atoms with E-state index < -0.39 is 11.8 Å². The van der Waals surface area contributed by atoms with E-state index in [-0.39, 0.29) is 17.2 Å². The molecule has 1 aromatic carbocycles. The van der Waals surface area contributed by atoms with Crippen LogP contribution in [-0.2, 0) is 9.59 Å². The number of thiocarbonyl (C=S) groups is 1. The van der Waals surface area contributed by atoms with Crippen LogP contribution >= 0.6 is 28.1 Å². The first kappa shape index (κ1) is 14.6. The lowest BCUT2D eigenvalue weighted by Gasteiger charge is -2.27. The minimum atomic E-state index is -0.483. The number of rotatable bonds is 3. The molecule has 1 fully saturated rings. The Balaban J connectivity index is 2.36. The number of carbonyl (C=O) groups is 2. The molecule has 2 rings (SSSR count). The molecule has 1 heterocycles. The van der Waals surface area contributed by atoms with E-state index in [4.69, 9.17) is 12.2 Å². The lowest BCUT2D eigenvalue weighted by Crippen LogP contribution is -2.53. The Labute approximate surface area is 130 Å². The fraction of sp³-hybridized carbons (Fsp3) is 0.0714. The van der Waals surface area contributed by atoms with Crippen LogP contribution in [0.3, 0.4) is 0 Å². The lowest BCUT2D eigenvalue weighted by atomic mass is 10.1. The number of halogens is 1. The van der Waals surface area contributed by atoms with Crippen LogP contribution in [0.2, 0.25) is 0 Å². The number of nitrogens with zero attached hydrogens (tertiary/aromatic N) is 1. The molecule has 0 unspecified atom stereocenters. The second kappa shape index (κ2) is 6.11. The summed E-state index contributed by atoms with van der Waals surface area (Å²) in [6, 6.07) is 7.29. The predicted octanol–water partition coefficient (Wildman–Crippen LogP) is 2.26. The van der Waals surface area contributed by atoms with Crippen LogP contribution in [0.5, 0.6) is 0 Å². The monoisotopic (exact) mass is 350 g/mol. The molecule has 1 N–H and O–H groups in total. The standard InChI is InChI=1S/C14H11BrN2O2S/c1-2-7-17-13(19)11(12(18)16-14(17)20)8-9-3-5-10(15)6-4-9/h2-6,8H,1,7H2,(H,16,18,20)/b11-8-. The van der Waals surface area contributed by atoms with Gasteiger partial charge in [-0.05, 0) is 36.0 Å². The van der Waals surface area contributed by atoms with E-state index in [0.29, 0.717) is 0 Å². The van der Waals surface area contributed by atoms with E-state index in [0.717, 1.165) is 10.0 Å². The van der Waals surface area contributed by atoms with Gasteiger partial charge in [0.1, 0.15) is 5.57 Å². The van der Waals surface area contributed by atoms with Crippen molar-refractivity contribution in [1.82, 2.24) is 10.2 Å². The van der Waals surface area contributed by atoms with Crippen LogP contribution in [0.25, 0.3) is 6.08 Å². The number of carbonyl (C=O) groups excluding carboxylic acids is 2. The zero-order chi connectivity index (χ0) is 14.7. The van der Waals surface area contributed by atoms with Crippen molar-refractivity contribution in [2.24, 2.45) is 0 Å². The van der Waals surface area contributed by atoms with Crippen molar-refractivity contribution >= 4 is 51.2 Å². The highest BCUT2D eigenvalue weighted by molar-refractivity contribution is 9.10. The van der Waals surface area contributed by atoms with Gasteiger partial charge >= 0.3 is 0 Å². The largest absolute Gasteiger partial charge is 0.298 e. The SMILES string of the molecule is C=CCN1C(=O)/C(=C\c2ccc(Br)cc2)C(=O)NC1=S. The molecule has 0 bridgehead atoms. The second-order valence-electron chi connectivity index (χ2n) is 4.07. The van der Waals surface area contributed by atoms with Gasteiger partial charge in [-0.2, -0.15) is 0 Å². The Morgan fingerprint density at radius 3 is 2.55 bits per heavy atom. The van der Waals surface area contributed by atoms with Crippen molar-refractivity contribution in [2.75, 3.05) is 6.54 Å². The molecule has 0 atom stereocenters. The fourth-order valence-electron chi connectivity index (χ4n) is 1.71. The minimum Gasteiger partial charge on any atom is -0.298 e. The summed E-state index contributed by atoms with van der Waals surface area (Å²) < 4.78 is 0.925. The Bertz CT molecular complexity index is 623. The molecular weight excluding hydrogens is 340 g/mol. The number of hydrogen-bond acceptors (Lipinski definition) is 3. The van der Waals surface area contributed by atoms with Crippen molar-refractivity contribution in [2.45, 2.75) is 0 Å². The molecule has 0 radical (unpaired) electrons. The maximum Gasteiger partial charge on any atom is 0.265 e. The van der Waals surface area contributed by atoms with Crippen LogP contribution < -0.4 is 5.32 Å². The van der Waals surface area contributed by atoms with Crippen LogP contribution in [0, 0.1) is 0 Å². The van der Waals surface area contributed by atoms with E-state index in [1.165, 1.54) is 4.90 Å². The summed E-state index contributed by atoms with van der Waals surface area (Å²) in [4.78, 5) is 25.4. The summed E-state index contributed by atoms with van der Waals surface area (Å²) >= 11 is 8.30. The first-order valence-corrected chi connectivity index (χ1v) is 6.98. The molecule has 1 saturated heterocycles. The second-order valence-corrected chi connectivity index (χ2v) is 5.38. The number of benzene rings is 1. The number of hydrogen-bond donors (Lipinski definition) is 1.